The summed E-state index contributed by atoms with van der Waals surface area (Å²) in [6, 6.07) is 11.7. The Kier molecular flexibility index (Phi) is 2.55. The van der Waals surface area contributed by atoms with Crippen molar-refractivity contribution in [1.82, 2.24) is 0 Å². The van der Waals surface area contributed by atoms with Crippen LogP contribution in [0.3, 0.4) is 0 Å². The number of aliphatic hydroxyl groups excluding tert-OH is 1. The van der Waals surface area contributed by atoms with E-state index in [1.165, 1.54) is 6.07 Å². The molecule has 0 radical (unpaired) electrons. The number of phenols is 2. The quantitative estimate of drug-likeness (QED) is 0.398. The highest BCUT2D eigenvalue weighted by atomic mass is 16.5. The Hall–Kier alpha value is -2.30. The first-order chi connectivity index (χ1) is 9.04. The Morgan fingerprint density at radius 2 is 1.32 bits per heavy atom. The number of benzene rings is 3. The highest BCUT2D eigenvalue weighted by molar-refractivity contribution is 5.99. The molecule has 4 nitrogen and oxygen atoms in total. The molecule has 4 N–H and O–H groups in total. The zero-order valence-corrected chi connectivity index (χ0v) is 9.91. The van der Waals surface area contributed by atoms with E-state index in [2.05, 4.69) is 0 Å². The molecule has 0 spiro atoms. The van der Waals surface area contributed by atoms with Crippen molar-refractivity contribution < 1.29 is 20.4 Å². The van der Waals surface area contributed by atoms with Crippen molar-refractivity contribution in [1.29, 1.82) is 0 Å². The Morgan fingerprint density at radius 3 is 2.05 bits per heavy atom. The van der Waals surface area contributed by atoms with Gasteiger partial charge in [-0.3, -0.25) is 0 Å². The summed E-state index contributed by atoms with van der Waals surface area (Å²) in [6.45, 7) is 0. The predicted octanol–water partition coefficient (Wildman–Crippen LogP) is 2.39. The van der Waals surface area contributed by atoms with Gasteiger partial charge in [-0.2, -0.15) is 0 Å². The van der Waals surface area contributed by atoms with Crippen LogP contribution in [0.5, 0.6) is 11.5 Å². The van der Waals surface area contributed by atoms with Gasteiger partial charge in [0.2, 0.25) is 0 Å². The lowest BCUT2D eigenvalue weighted by Gasteiger charge is -2.09. The maximum absolute atomic E-state index is 9.74. The van der Waals surface area contributed by atoms with Gasteiger partial charge in [-0.1, -0.05) is 6.07 Å². The lowest BCUT2D eigenvalue weighted by Crippen LogP contribution is -1.95. The number of hydrogen-bond acceptors (Lipinski definition) is 4. The molecule has 0 aliphatic rings. The summed E-state index contributed by atoms with van der Waals surface area (Å²) >= 11 is 0. The number of rotatable bonds is 1. The van der Waals surface area contributed by atoms with Gasteiger partial charge in [0.15, 0.2) is 6.29 Å². The molecule has 0 atom stereocenters. The number of fused-ring (bicyclic) bond motifs is 2. The lowest BCUT2D eigenvalue weighted by atomic mass is 10.0. The highest BCUT2D eigenvalue weighted by Gasteiger charge is 2.11. The van der Waals surface area contributed by atoms with Crippen LogP contribution in [-0.2, 0) is 0 Å². The van der Waals surface area contributed by atoms with Gasteiger partial charge in [0.25, 0.3) is 0 Å². The molecular weight excluding hydrogens is 244 g/mol. The molecule has 0 fully saturated rings. The topological polar surface area (TPSA) is 80.9 Å². The predicted molar refractivity (Wildman–Crippen MR) is 72.0 cm³/mol. The molecule has 0 aliphatic heterocycles. The van der Waals surface area contributed by atoms with Gasteiger partial charge in [-0.15, -0.1) is 0 Å². The van der Waals surface area contributed by atoms with Crippen LogP contribution in [0.15, 0.2) is 42.5 Å². The standard InChI is InChI=1S/C15H12O4/c16-12-2-1-8-3-10-6-13(15(18)19)14(17)7-11(10)4-9(8)5-12/h1-7,15-19H. The molecule has 0 aromatic heterocycles. The first kappa shape index (κ1) is 11.8. The van der Waals surface area contributed by atoms with E-state index < -0.39 is 6.29 Å². The van der Waals surface area contributed by atoms with E-state index in [4.69, 9.17) is 0 Å². The number of aliphatic hydroxyl groups is 2. The second-order valence-electron chi connectivity index (χ2n) is 4.52. The molecule has 0 aliphatic carbocycles. The Labute approximate surface area is 108 Å². The molecule has 3 rings (SSSR count). The fourth-order valence-corrected chi connectivity index (χ4v) is 2.25. The maximum atomic E-state index is 9.74. The van der Waals surface area contributed by atoms with Crippen LogP contribution in [0.2, 0.25) is 0 Å². The SMILES string of the molecule is Oc1ccc2cc3cc(C(O)O)c(O)cc3cc2c1. The minimum absolute atomic E-state index is 0.0747. The molecule has 0 amide bonds. The third-order valence-electron chi connectivity index (χ3n) is 3.20. The van der Waals surface area contributed by atoms with Gasteiger partial charge < -0.3 is 20.4 Å². The minimum atomic E-state index is -1.71. The summed E-state index contributed by atoms with van der Waals surface area (Å²) in [5.74, 6) is 0.0143. The molecule has 0 unspecified atom stereocenters. The maximum Gasteiger partial charge on any atom is 0.182 e. The van der Waals surface area contributed by atoms with E-state index in [9.17, 15) is 20.4 Å². The van der Waals surface area contributed by atoms with E-state index in [-0.39, 0.29) is 17.1 Å². The smallest absolute Gasteiger partial charge is 0.182 e. The van der Waals surface area contributed by atoms with Crippen molar-refractivity contribution in [3.63, 3.8) is 0 Å². The number of aromatic hydroxyl groups is 2. The van der Waals surface area contributed by atoms with E-state index in [0.29, 0.717) is 0 Å². The summed E-state index contributed by atoms with van der Waals surface area (Å²) < 4.78 is 0. The van der Waals surface area contributed by atoms with Crippen LogP contribution in [0.4, 0.5) is 0 Å². The Bertz CT molecular complexity index is 778. The van der Waals surface area contributed by atoms with Gasteiger partial charge in [0.05, 0.1) is 0 Å². The van der Waals surface area contributed by atoms with Crippen LogP contribution in [0.1, 0.15) is 11.9 Å². The molecule has 0 bridgehead atoms. The first-order valence-electron chi connectivity index (χ1n) is 5.80. The summed E-state index contributed by atoms with van der Waals surface area (Å²) in [6.07, 6.45) is -1.71. The van der Waals surface area contributed by atoms with Crippen LogP contribution in [0.25, 0.3) is 21.5 Å². The fraction of sp³-hybridized carbons (Fsp3) is 0.0667. The van der Waals surface area contributed by atoms with Gasteiger partial charge in [0, 0.05) is 5.56 Å². The van der Waals surface area contributed by atoms with Gasteiger partial charge in [-0.05, 0) is 57.9 Å². The average Bonchev–Trinajstić information content (AvgIpc) is 2.35. The second kappa shape index (κ2) is 4.12. The monoisotopic (exact) mass is 256 g/mol. The Morgan fingerprint density at radius 1 is 0.684 bits per heavy atom. The van der Waals surface area contributed by atoms with E-state index >= 15 is 0 Å². The van der Waals surface area contributed by atoms with Crippen molar-refractivity contribution in [3.05, 3.63) is 48.0 Å². The Balaban J connectivity index is 2.35. The van der Waals surface area contributed by atoms with E-state index in [1.54, 1.807) is 24.3 Å². The summed E-state index contributed by atoms with van der Waals surface area (Å²) in [5.41, 5.74) is 0.0747. The fourth-order valence-electron chi connectivity index (χ4n) is 2.25. The van der Waals surface area contributed by atoms with E-state index in [0.717, 1.165) is 21.5 Å². The van der Waals surface area contributed by atoms with Crippen molar-refractivity contribution in [2.75, 3.05) is 0 Å². The molecule has 96 valence electrons. The normalized spacial score (nSPS) is 11.5. The molecule has 19 heavy (non-hydrogen) atoms. The molecule has 3 aromatic carbocycles. The summed E-state index contributed by atoms with van der Waals surface area (Å²) in [5, 5.41) is 40.9. The van der Waals surface area contributed by atoms with Gasteiger partial charge in [-0.25, -0.2) is 0 Å². The largest absolute Gasteiger partial charge is 0.508 e. The minimum Gasteiger partial charge on any atom is -0.508 e. The van der Waals surface area contributed by atoms with Crippen LogP contribution >= 0.6 is 0 Å². The molecule has 3 aromatic rings. The lowest BCUT2D eigenvalue weighted by molar-refractivity contribution is -0.0437. The molecule has 0 saturated heterocycles. The zero-order chi connectivity index (χ0) is 13.6. The number of phenolic OH excluding ortho intramolecular Hbond substituents is 2. The average molecular weight is 256 g/mol. The molecule has 0 saturated carbocycles. The highest BCUT2D eigenvalue weighted by Crippen LogP contribution is 2.32. The van der Waals surface area contributed by atoms with Crippen LogP contribution in [-0.4, -0.2) is 20.4 Å². The summed E-state index contributed by atoms with van der Waals surface area (Å²) in [7, 11) is 0. The van der Waals surface area contributed by atoms with Crippen LogP contribution in [0, 0.1) is 0 Å². The molecular formula is C15H12O4. The zero-order valence-electron chi connectivity index (χ0n) is 9.91. The summed E-state index contributed by atoms with van der Waals surface area (Å²) in [4.78, 5) is 0. The third kappa shape index (κ3) is 1.97. The molecule has 4 heteroatoms. The second-order valence-corrected chi connectivity index (χ2v) is 4.52. The number of hydrogen-bond donors (Lipinski definition) is 4. The van der Waals surface area contributed by atoms with Crippen molar-refractivity contribution >= 4 is 21.5 Å². The van der Waals surface area contributed by atoms with Crippen molar-refractivity contribution in [3.8, 4) is 11.5 Å². The van der Waals surface area contributed by atoms with Crippen LogP contribution < -0.4 is 0 Å². The van der Waals surface area contributed by atoms with Crippen molar-refractivity contribution in [2.24, 2.45) is 0 Å². The van der Waals surface area contributed by atoms with Gasteiger partial charge in [0.1, 0.15) is 11.5 Å². The first-order valence-corrected chi connectivity index (χ1v) is 5.80. The van der Waals surface area contributed by atoms with Gasteiger partial charge >= 0.3 is 0 Å². The van der Waals surface area contributed by atoms with Crippen molar-refractivity contribution in [2.45, 2.75) is 6.29 Å². The third-order valence-corrected chi connectivity index (χ3v) is 3.20. The molecule has 0 heterocycles. The van der Waals surface area contributed by atoms with E-state index in [1.807, 2.05) is 12.1 Å².